The number of likely N-dealkylation sites (tertiary alicyclic amines) is 1. The number of rotatable bonds is 4. The van der Waals surface area contributed by atoms with Crippen molar-refractivity contribution in [3.05, 3.63) is 35.4 Å². The van der Waals surface area contributed by atoms with Crippen molar-refractivity contribution in [3.8, 4) is 11.5 Å². The number of aliphatic carboxylic acids is 1. The highest BCUT2D eigenvalue weighted by atomic mass is 16.5. The number of nitrogens with zero attached hydrogens (tertiary/aromatic N) is 3. The van der Waals surface area contributed by atoms with E-state index in [4.69, 9.17) is 9.47 Å². The minimum Gasteiger partial charge on any atom is -0.497 e. The summed E-state index contributed by atoms with van der Waals surface area (Å²) in [6.45, 7) is 3.54. The number of nitrogens with one attached hydrogen (secondary N) is 1. The Morgan fingerprint density at radius 2 is 2.40 bits per heavy atom. The van der Waals surface area contributed by atoms with Gasteiger partial charge in [0.1, 0.15) is 29.3 Å². The Balaban J connectivity index is 1.66. The molecule has 0 aliphatic carbocycles. The number of hydrogen-bond acceptors (Lipinski definition) is 6. The van der Waals surface area contributed by atoms with Crippen molar-refractivity contribution >= 4 is 5.97 Å². The second-order valence-corrected chi connectivity index (χ2v) is 6.71. The predicted octanol–water partition coefficient (Wildman–Crippen LogP) is 1.18. The molecule has 25 heavy (non-hydrogen) atoms. The van der Waals surface area contributed by atoms with Gasteiger partial charge in [0.05, 0.1) is 13.7 Å². The van der Waals surface area contributed by atoms with E-state index in [0.717, 1.165) is 11.4 Å². The molecule has 2 aromatic rings. The van der Waals surface area contributed by atoms with Crippen molar-refractivity contribution < 1.29 is 19.4 Å². The number of carboxylic acid groups (broad SMARTS) is 1. The number of aromatic nitrogens is 3. The van der Waals surface area contributed by atoms with E-state index < -0.39 is 11.4 Å². The maximum atomic E-state index is 12.1. The lowest BCUT2D eigenvalue weighted by atomic mass is 9.73. The van der Waals surface area contributed by atoms with Crippen LogP contribution in [0.2, 0.25) is 0 Å². The number of aryl methyl sites for hydroxylation is 1. The first kappa shape index (κ1) is 15.9. The van der Waals surface area contributed by atoms with E-state index in [1.165, 1.54) is 0 Å². The van der Waals surface area contributed by atoms with Crippen LogP contribution in [0.1, 0.15) is 23.1 Å². The van der Waals surface area contributed by atoms with Gasteiger partial charge in [-0.15, -0.1) is 0 Å². The highest BCUT2D eigenvalue weighted by Gasteiger charge is 2.56. The molecule has 1 saturated heterocycles. The Hall–Kier alpha value is -2.61. The van der Waals surface area contributed by atoms with Crippen molar-refractivity contribution in [2.24, 2.45) is 5.41 Å². The van der Waals surface area contributed by atoms with Crippen molar-refractivity contribution in [2.75, 3.05) is 26.8 Å². The summed E-state index contributed by atoms with van der Waals surface area (Å²) in [5.74, 6) is 1.87. The molecule has 0 amide bonds. The van der Waals surface area contributed by atoms with Crippen LogP contribution in [0.15, 0.2) is 18.2 Å². The maximum absolute atomic E-state index is 12.1. The van der Waals surface area contributed by atoms with Gasteiger partial charge in [0.2, 0.25) is 0 Å². The second kappa shape index (κ2) is 5.73. The van der Waals surface area contributed by atoms with Crippen molar-refractivity contribution in [3.63, 3.8) is 0 Å². The molecule has 2 atom stereocenters. The standard InChI is InChI=1S/C17H20N4O4/c1-10-18-15(20-19-10)7-21-6-13-12-4-3-11(24-2)5-14(12)25-9-17(13,8-21)16(22)23/h3-5,13H,6-9H2,1-2H3,(H,22,23)(H,18,19,20)/t13-,17-/m1/s1. The number of fused-ring (bicyclic) bond motifs is 3. The average Bonchev–Trinajstić information content (AvgIpc) is 3.18. The molecule has 132 valence electrons. The van der Waals surface area contributed by atoms with Crippen LogP contribution in [0.5, 0.6) is 11.5 Å². The van der Waals surface area contributed by atoms with E-state index in [1.807, 2.05) is 25.1 Å². The van der Waals surface area contributed by atoms with Gasteiger partial charge in [-0.1, -0.05) is 6.07 Å². The number of methoxy groups -OCH3 is 1. The largest absolute Gasteiger partial charge is 0.497 e. The van der Waals surface area contributed by atoms with Crippen LogP contribution >= 0.6 is 0 Å². The van der Waals surface area contributed by atoms with Crippen LogP contribution in [-0.4, -0.2) is 58.0 Å². The lowest BCUT2D eigenvalue weighted by molar-refractivity contribution is -0.151. The second-order valence-electron chi connectivity index (χ2n) is 6.71. The van der Waals surface area contributed by atoms with E-state index in [9.17, 15) is 9.90 Å². The molecule has 1 aromatic heterocycles. The lowest BCUT2D eigenvalue weighted by Gasteiger charge is -2.36. The van der Waals surface area contributed by atoms with E-state index in [1.54, 1.807) is 7.11 Å². The number of benzene rings is 1. The molecule has 0 unspecified atom stereocenters. The topological polar surface area (TPSA) is 101 Å². The van der Waals surface area contributed by atoms with Gasteiger partial charge in [-0.2, -0.15) is 5.10 Å². The number of carboxylic acids is 1. The number of aromatic amines is 1. The summed E-state index contributed by atoms with van der Waals surface area (Å²) in [5, 5.41) is 16.9. The quantitative estimate of drug-likeness (QED) is 0.859. The zero-order chi connectivity index (χ0) is 17.6. The van der Waals surface area contributed by atoms with Crippen molar-refractivity contribution in [1.82, 2.24) is 20.1 Å². The van der Waals surface area contributed by atoms with Gasteiger partial charge in [0, 0.05) is 30.6 Å². The molecular formula is C17H20N4O4. The van der Waals surface area contributed by atoms with Gasteiger partial charge >= 0.3 is 5.97 Å². The molecule has 2 N–H and O–H groups in total. The van der Waals surface area contributed by atoms with E-state index in [0.29, 0.717) is 37.0 Å². The van der Waals surface area contributed by atoms with Crippen LogP contribution in [0.3, 0.4) is 0 Å². The first-order chi connectivity index (χ1) is 12.0. The van der Waals surface area contributed by atoms with Crippen LogP contribution < -0.4 is 9.47 Å². The molecule has 0 spiro atoms. The fourth-order valence-corrected chi connectivity index (χ4v) is 3.87. The first-order valence-electron chi connectivity index (χ1n) is 8.16. The smallest absolute Gasteiger partial charge is 0.315 e. The molecular weight excluding hydrogens is 324 g/mol. The Labute approximate surface area is 144 Å². The molecule has 2 aliphatic heterocycles. The van der Waals surface area contributed by atoms with Crippen molar-refractivity contribution in [2.45, 2.75) is 19.4 Å². The van der Waals surface area contributed by atoms with Gasteiger partial charge in [0.25, 0.3) is 0 Å². The number of ether oxygens (including phenoxy) is 2. The predicted molar refractivity (Wildman–Crippen MR) is 87.7 cm³/mol. The van der Waals surface area contributed by atoms with Crippen LogP contribution in [-0.2, 0) is 11.3 Å². The highest BCUT2D eigenvalue weighted by molar-refractivity contribution is 5.78. The van der Waals surface area contributed by atoms with E-state index >= 15 is 0 Å². The zero-order valence-corrected chi connectivity index (χ0v) is 14.2. The summed E-state index contributed by atoms with van der Waals surface area (Å²) in [6.07, 6.45) is 0. The number of hydrogen-bond donors (Lipinski definition) is 2. The minimum absolute atomic E-state index is 0.139. The molecule has 1 aromatic carbocycles. The molecule has 0 radical (unpaired) electrons. The Bertz CT molecular complexity index is 821. The van der Waals surface area contributed by atoms with Gasteiger partial charge < -0.3 is 14.6 Å². The summed E-state index contributed by atoms with van der Waals surface area (Å²) >= 11 is 0. The minimum atomic E-state index is -0.951. The zero-order valence-electron chi connectivity index (χ0n) is 14.2. The van der Waals surface area contributed by atoms with Gasteiger partial charge in [-0.25, -0.2) is 4.98 Å². The van der Waals surface area contributed by atoms with Crippen LogP contribution in [0, 0.1) is 12.3 Å². The highest BCUT2D eigenvalue weighted by Crippen LogP contribution is 2.50. The average molecular weight is 344 g/mol. The lowest BCUT2D eigenvalue weighted by Crippen LogP contribution is -2.45. The summed E-state index contributed by atoms with van der Waals surface area (Å²) in [7, 11) is 1.60. The van der Waals surface area contributed by atoms with Gasteiger partial charge in [0.15, 0.2) is 5.82 Å². The molecule has 2 aliphatic rings. The third-order valence-electron chi connectivity index (χ3n) is 5.13. The maximum Gasteiger partial charge on any atom is 0.315 e. The molecule has 8 heteroatoms. The number of carbonyl (C=O) groups is 1. The fourth-order valence-electron chi connectivity index (χ4n) is 3.87. The summed E-state index contributed by atoms with van der Waals surface area (Å²) in [4.78, 5) is 18.5. The summed E-state index contributed by atoms with van der Waals surface area (Å²) in [5.41, 5.74) is -0.0319. The van der Waals surface area contributed by atoms with Gasteiger partial charge in [-0.05, 0) is 13.0 Å². The van der Waals surface area contributed by atoms with Crippen molar-refractivity contribution in [1.29, 1.82) is 0 Å². The normalized spacial score (nSPS) is 25.1. The molecule has 4 rings (SSSR count). The molecule has 0 bridgehead atoms. The fraction of sp³-hybridized carbons (Fsp3) is 0.471. The van der Waals surface area contributed by atoms with E-state index in [2.05, 4.69) is 20.1 Å². The monoisotopic (exact) mass is 344 g/mol. The van der Waals surface area contributed by atoms with Gasteiger partial charge in [-0.3, -0.25) is 14.8 Å². The summed E-state index contributed by atoms with van der Waals surface area (Å²) < 4.78 is 11.1. The molecule has 0 saturated carbocycles. The SMILES string of the molecule is COc1ccc2c(c1)OC[C@]1(C(=O)O)CN(Cc3n[nH]c(C)n3)C[C@H]21. The Kier molecular flexibility index (Phi) is 3.64. The van der Waals surface area contributed by atoms with E-state index in [-0.39, 0.29) is 12.5 Å². The summed E-state index contributed by atoms with van der Waals surface area (Å²) in [6, 6.07) is 5.58. The third kappa shape index (κ3) is 2.53. The first-order valence-corrected chi connectivity index (χ1v) is 8.16. The third-order valence-corrected chi connectivity index (χ3v) is 5.13. The van der Waals surface area contributed by atoms with Crippen LogP contribution in [0.25, 0.3) is 0 Å². The number of H-pyrrole nitrogens is 1. The molecule has 1 fully saturated rings. The van der Waals surface area contributed by atoms with Crippen LogP contribution in [0.4, 0.5) is 0 Å². The Morgan fingerprint density at radius 3 is 3.08 bits per heavy atom. The molecule has 8 nitrogen and oxygen atoms in total. The molecule has 3 heterocycles. The Morgan fingerprint density at radius 1 is 1.56 bits per heavy atom.